The van der Waals surface area contributed by atoms with Crippen molar-refractivity contribution < 1.29 is 29.0 Å². The van der Waals surface area contributed by atoms with E-state index in [1.54, 1.807) is 0 Å². The number of benzene rings is 2. The second-order valence-electron chi connectivity index (χ2n) is 8.11. The third-order valence-electron chi connectivity index (χ3n) is 5.95. The van der Waals surface area contributed by atoms with Gasteiger partial charge in [0.15, 0.2) is 6.10 Å². The number of nitrogens with one attached hydrogen (secondary N) is 3. The van der Waals surface area contributed by atoms with Crippen LogP contribution in [0, 0.1) is 0 Å². The number of hydrogen-bond donors (Lipinski definition) is 4. The van der Waals surface area contributed by atoms with E-state index in [0.29, 0.717) is 5.69 Å². The number of imidazole rings is 1. The van der Waals surface area contributed by atoms with Crippen LogP contribution in [0.25, 0.3) is 11.1 Å². The van der Waals surface area contributed by atoms with E-state index in [1.807, 2.05) is 48.5 Å². The first-order valence-corrected chi connectivity index (χ1v) is 11.1. The fourth-order valence-electron chi connectivity index (χ4n) is 4.20. The molecule has 1 aliphatic rings. The number of alkyl carbamates (subject to hydrolysis) is 1. The molecule has 1 aliphatic carbocycles. The lowest BCUT2D eigenvalue weighted by atomic mass is 9.98. The monoisotopic (exact) mass is 478 g/mol. The van der Waals surface area contributed by atoms with E-state index in [-0.39, 0.29) is 25.5 Å². The zero-order valence-corrected chi connectivity index (χ0v) is 19.1. The van der Waals surface area contributed by atoms with Crippen LogP contribution in [-0.4, -0.2) is 65.5 Å². The van der Waals surface area contributed by atoms with Crippen LogP contribution in [0.3, 0.4) is 0 Å². The molecule has 0 saturated heterocycles. The third-order valence-corrected chi connectivity index (χ3v) is 5.95. The predicted molar refractivity (Wildman–Crippen MR) is 126 cm³/mol. The average molecular weight is 479 g/mol. The lowest BCUT2D eigenvalue weighted by Gasteiger charge is -2.20. The van der Waals surface area contributed by atoms with Gasteiger partial charge in [0, 0.05) is 31.3 Å². The number of aliphatic carboxylic acids is 1. The molecular weight excluding hydrogens is 452 g/mol. The molecule has 182 valence electrons. The van der Waals surface area contributed by atoms with Crippen LogP contribution in [0.5, 0.6) is 0 Å². The summed E-state index contributed by atoms with van der Waals surface area (Å²) in [5.41, 5.74) is 4.99. The molecule has 1 heterocycles. The first kappa shape index (κ1) is 24.0. The van der Waals surface area contributed by atoms with Crippen molar-refractivity contribution in [1.29, 1.82) is 0 Å². The number of amides is 2. The van der Waals surface area contributed by atoms with Gasteiger partial charge in [-0.15, -0.1) is 0 Å². The summed E-state index contributed by atoms with van der Waals surface area (Å²) in [4.78, 5) is 43.5. The molecule has 0 aliphatic heterocycles. The van der Waals surface area contributed by atoms with Gasteiger partial charge >= 0.3 is 12.1 Å². The topological polar surface area (TPSA) is 143 Å². The first-order chi connectivity index (χ1) is 17.0. The molecule has 0 bridgehead atoms. The third kappa shape index (κ3) is 5.49. The SMILES string of the molecule is COC(CNC(=O)C(Cc1cnc[nH]1)NC(=O)OCC1c2ccccc2-c2ccccc21)C(=O)O. The summed E-state index contributed by atoms with van der Waals surface area (Å²) >= 11 is 0. The second kappa shape index (κ2) is 10.8. The van der Waals surface area contributed by atoms with Crippen LogP contribution < -0.4 is 10.6 Å². The zero-order chi connectivity index (χ0) is 24.8. The Bertz CT molecular complexity index is 1150. The molecular formula is C25H26N4O6. The predicted octanol–water partition coefficient (Wildman–Crippen LogP) is 2.08. The van der Waals surface area contributed by atoms with Gasteiger partial charge in [-0.25, -0.2) is 14.6 Å². The number of carboxylic acids is 1. The van der Waals surface area contributed by atoms with Crippen molar-refractivity contribution in [3.63, 3.8) is 0 Å². The molecule has 35 heavy (non-hydrogen) atoms. The van der Waals surface area contributed by atoms with Gasteiger partial charge < -0.3 is 30.2 Å². The van der Waals surface area contributed by atoms with Crippen molar-refractivity contribution in [3.05, 3.63) is 77.9 Å². The zero-order valence-electron chi connectivity index (χ0n) is 19.1. The smallest absolute Gasteiger partial charge is 0.407 e. The fraction of sp³-hybridized carbons (Fsp3) is 0.280. The molecule has 10 heteroatoms. The summed E-state index contributed by atoms with van der Waals surface area (Å²) in [5, 5.41) is 14.2. The van der Waals surface area contributed by atoms with Gasteiger partial charge in [0.2, 0.25) is 5.91 Å². The van der Waals surface area contributed by atoms with Gasteiger partial charge in [0.25, 0.3) is 0 Å². The normalized spacial score (nSPS) is 13.9. The number of aromatic amines is 1. The van der Waals surface area contributed by atoms with E-state index in [0.717, 1.165) is 22.3 Å². The number of aromatic nitrogens is 2. The highest BCUT2D eigenvalue weighted by atomic mass is 16.5. The molecule has 4 rings (SSSR count). The van der Waals surface area contributed by atoms with Crippen LogP contribution in [0.1, 0.15) is 22.7 Å². The molecule has 2 amide bonds. The molecule has 0 fully saturated rings. The largest absolute Gasteiger partial charge is 0.479 e. The molecule has 4 N–H and O–H groups in total. The summed E-state index contributed by atoms with van der Waals surface area (Å²) < 4.78 is 10.4. The van der Waals surface area contributed by atoms with E-state index in [2.05, 4.69) is 20.6 Å². The van der Waals surface area contributed by atoms with Crippen molar-refractivity contribution in [2.75, 3.05) is 20.3 Å². The minimum atomic E-state index is -1.21. The standard InChI is InChI=1S/C25H26N4O6/c1-34-22(24(31)32)12-27-23(30)21(10-15-11-26-14-28-15)29-25(33)35-13-20-18-8-4-2-6-16(18)17-7-3-5-9-19(17)20/h2-9,11,14,20-22H,10,12-13H2,1H3,(H,26,28)(H,27,30)(H,29,33)(H,31,32). The molecule has 1 aromatic heterocycles. The van der Waals surface area contributed by atoms with Crippen molar-refractivity contribution >= 4 is 18.0 Å². The Balaban J connectivity index is 1.41. The molecule has 0 spiro atoms. The minimum Gasteiger partial charge on any atom is -0.479 e. The van der Waals surface area contributed by atoms with Gasteiger partial charge in [0.05, 0.1) is 12.9 Å². The lowest BCUT2D eigenvalue weighted by molar-refractivity contribution is -0.148. The first-order valence-electron chi connectivity index (χ1n) is 11.1. The number of nitrogens with zero attached hydrogens (tertiary/aromatic N) is 1. The van der Waals surface area contributed by atoms with Crippen molar-refractivity contribution in [3.8, 4) is 11.1 Å². The number of rotatable bonds is 10. The van der Waals surface area contributed by atoms with Crippen LogP contribution >= 0.6 is 0 Å². The number of fused-ring (bicyclic) bond motifs is 3. The Hall–Kier alpha value is -4.18. The highest BCUT2D eigenvalue weighted by molar-refractivity contribution is 5.86. The Morgan fingerprint density at radius 1 is 1.09 bits per heavy atom. The molecule has 10 nitrogen and oxygen atoms in total. The second-order valence-corrected chi connectivity index (χ2v) is 8.11. The van der Waals surface area contributed by atoms with E-state index in [9.17, 15) is 14.4 Å². The maximum absolute atomic E-state index is 12.8. The number of carbonyl (C=O) groups excluding carboxylic acids is 2. The van der Waals surface area contributed by atoms with Crippen LogP contribution in [-0.2, 0) is 25.5 Å². The Morgan fingerprint density at radius 3 is 2.31 bits per heavy atom. The van der Waals surface area contributed by atoms with Crippen molar-refractivity contribution in [2.45, 2.75) is 24.5 Å². The van der Waals surface area contributed by atoms with Gasteiger partial charge in [-0.3, -0.25) is 4.79 Å². The summed E-state index contributed by atoms with van der Waals surface area (Å²) in [6, 6.07) is 15.0. The van der Waals surface area contributed by atoms with E-state index in [1.165, 1.54) is 19.6 Å². The number of carboxylic acid groups (broad SMARTS) is 1. The van der Waals surface area contributed by atoms with Crippen molar-refractivity contribution in [2.24, 2.45) is 0 Å². The van der Waals surface area contributed by atoms with Gasteiger partial charge in [-0.05, 0) is 22.3 Å². The lowest BCUT2D eigenvalue weighted by Crippen LogP contribution is -2.50. The van der Waals surface area contributed by atoms with Gasteiger partial charge in [-0.1, -0.05) is 48.5 Å². The Morgan fingerprint density at radius 2 is 1.74 bits per heavy atom. The molecule has 0 saturated carbocycles. The molecule has 3 aromatic rings. The van der Waals surface area contributed by atoms with E-state index < -0.39 is 30.1 Å². The van der Waals surface area contributed by atoms with Gasteiger partial charge in [0.1, 0.15) is 12.6 Å². The molecule has 0 radical (unpaired) electrons. The van der Waals surface area contributed by atoms with Crippen LogP contribution in [0.15, 0.2) is 61.1 Å². The summed E-state index contributed by atoms with van der Waals surface area (Å²) in [5.74, 6) is -1.90. The van der Waals surface area contributed by atoms with E-state index >= 15 is 0 Å². The summed E-state index contributed by atoms with van der Waals surface area (Å²) in [6.45, 7) is -0.153. The highest BCUT2D eigenvalue weighted by Crippen LogP contribution is 2.44. The maximum Gasteiger partial charge on any atom is 0.407 e. The Kier molecular flexibility index (Phi) is 7.41. The number of hydrogen-bond acceptors (Lipinski definition) is 6. The van der Waals surface area contributed by atoms with E-state index in [4.69, 9.17) is 14.6 Å². The maximum atomic E-state index is 12.8. The number of H-pyrrole nitrogens is 1. The summed E-state index contributed by atoms with van der Waals surface area (Å²) in [6.07, 6.45) is 1.15. The fourth-order valence-corrected chi connectivity index (χ4v) is 4.20. The molecule has 2 atom stereocenters. The highest BCUT2D eigenvalue weighted by Gasteiger charge is 2.30. The summed E-state index contributed by atoms with van der Waals surface area (Å²) in [7, 11) is 1.24. The number of carbonyl (C=O) groups is 3. The average Bonchev–Trinajstić information content (AvgIpc) is 3.48. The Labute approximate surface area is 201 Å². The minimum absolute atomic E-state index is 0.100. The molecule has 2 unspecified atom stereocenters. The molecule has 2 aromatic carbocycles. The van der Waals surface area contributed by atoms with Gasteiger partial charge in [-0.2, -0.15) is 0 Å². The number of methoxy groups -OCH3 is 1. The quantitative estimate of drug-likeness (QED) is 0.349. The van der Waals surface area contributed by atoms with Crippen LogP contribution in [0.4, 0.5) is 4.79 Å². The van der Waals surface area contributed by atoms with Crippen molar-refractivity contribution in [1.82, 2.24) is 20.6 Å². The number of ether oxygens (including phenoxy) is 2. The van der Waals surface area contributed by atoms with Crippen LogP contribution in [0.2, 0.25) is 0 Å².